The lowest BCUT2D eigenvalue weighted by molar-refractivity contribution is -0.142. The predicted molar refractivity (Wildman–Crippen MR) is 71.8 cm³/mol. The summed E-state index contributed by atoms with van der Waals surface area (Å²) in [6, 6.07) is 0. The third kappa shape index (κ3) is 2.96. The van der Waals surface area contributed by atoms with Crippen molar-refractivity contribution in [2.45, 2.75) is 33.1 Å². The topological polar surface area (TPSA) is 55.6 Å². The molecule has 5 heteroatoms. The van der Waals surface area contributed by atoms with Gasteiger partial charge in [-0.15, -0.1) is 0 Å². The normalized spacial score (nSPS) is 17.3. The monoisotopic (exact) mass is 258 g/mol. The van der Waals surface area contributed by atoms with Crippen molar-refractivity contribution in [1.82, 2.24) is 4.90 Å². The minimum atomic E-state index is -0.558. The molecular formula is C12H22N2O2S. The maximum atomic E-state index is 12.4. The molecule has 98 valence electrons. The molecule has 1 aliphatic rings. The summed E-state index contributed by atoms with van der Waals surface area (Å²) in [5, 5.41) is 0. The molecule has 1 aliphatic carbocycles. The Morgan fingerprint density at radius 3 is 2.47 bits per heavy atom. The third-order valence-electron chi connectivity index (χ3n) is 3.47. The number of hydrogen-bond donors (Lipinski definition) is 1. The zero-order valence-corrected chi connectivity index (χ0v) is 11.5. The van der Waals surface area contributed by atoms with Crippen LogP contribution >= 0.6 is 12.2 Å². The fraction of sp³-hybridized carbons (Fsp3) is 0.833. The van der Waals surface area contributed by atoms with E-state index in [2.05, 4.69) is 0 Å². The number of nitrogens with two attached hydrogens (primary N) is 1. The van der Waals surface area contributed by atoms with Crippen LogP contribution in [0, 0.1) is 5.41 Å². The highest BCUT2D eigenvalue weighted by Gasteiger charge is 2.48. The predicted octanol–water partition coefficient (Wildman–Crippen LogP) is 1.33. The van der Waals surface area contributed by atoms with E-state index in [1.165, 1.54) is 0 Å². The Bertz CT molecular complexity index is 290. The van der Waals surface area contributed by atoms with Crippen molar-refractivity contribution in [3.05, 3.63) is 0 Å². The van der Waals surface area contributed by atoms with Crippen LogP contribution in [-0.2, 0) is 9.53 Å². The average Bonchev–Trinajstić information content (AvgIpc) is 2.22. The first-order valence-electron chi connectivity index (χ1n) is 6.25. The summed E-state index contributed by atoms with van der Waals surface area (Å²) >= 11 is 5.06. The van der Waals surface area contributed by atoms with Crippen molar-refractivity contribution in [3.63, 3.8) is 0 Å². The van der Waals surface area contributed by atoms with Crippen molar-refractivity contribution in [2.75, 3.05) is 26.3 Å². The SMILES string of the molecule is CCOCCN(CC)C(=O)C1(C(N)=S)CCC1. The van der Waals surface area contributed by atoms with Crippen molar-refractivity contribution < 1.29 is 9.53 Å². The van der Waals surface area contributed by atoms with Gasteiger partial charge in [0.25, 0.3) is 0 Å². The molecule has 0 radical (unpaired) electrons. The van der Waals surface area contributed by atoms with E-state index in [1.54, 1.807) is 4.90 Å². The summed E-state index contributed by atoms with van der Waals surface area (Å²) in [5.41, 5.74) is 5.18. The number of thiocarbonyl (C=S) groups is 1. The van der Waals surface area contributed by atoms with Gasteiger partial charge >= 0.3 is 0 Å². The number of hydrogen-bond acceptors (Lipinski definition) is 3. The van der Waals surface area contributed by atoms with Crippen LogP contribution in [0.2, 0.25) is 0 Å². The van der Waals surface area contributed by atoms with Gasteiger partial charge in [0.2, 0.25) is 5.91 Å². The van der Waals surface area contributed by atoms with Crippen LogP contribution in [0.25, 0.3) is 0 Å². The van der Waals surface area contributed by atoms with E-state index >= 15 is 0 Å². The molecule has 0 aromatic carbocycles. The molecular weight excluding hydrogens is 236 g/mol. The Kier molecular flexibility index (Phi) is 5.33. The average molecular weight is 258 g/mol. The minimum Gasteiger partial charge on any atom is -0.392 e. The first-order chi connectivity index (χ1) is 8.08. The van der Waals surface area contributed by atoms with Gasteiger partial charge in [0.15, 0.2) is 0 Å². The van der Waals surface area contributed by atoms with Gasteiger partial charge in [-0.05, 0) is 26.7 Å². The second kappa shape index (κ2) is 6.31. The molecule has 1 rings (SSSR count). The Labute approximate surface area is 108 Å². The molecule has 1 saturated carbocycles. The van der Waals surface area contributed by atoms with Gasteiger partial charge in [-0.2, -0.15) is 0 Å². The van der Waals surface area contributed by atoms with Gasteiger partial charge in [0.05, 0.1) is 17.0 Å². The molecule has 1 fully saturated rings. The first kappa shape index (κ1) is 14.4. The van der Waals surface area contributed by atoms with Crippen LogP contribution in [0.1, 0.15) is 33.1 Å². The first-order valence-corrected chi connectivity index (χ1v) is 6.66. The molecule has 0 aromatic rings. The molecule has 0 unspecified atom stereocenters. The minimum absolute atomic E-state index is 0.0819. The molecule has 0 saturated heterocycles. The van der Waals surface area contributed by atoms with Crippen molar-refractivity contribution in [3.8, 4) is 0 Å². The molecule has 0 bridgehead atoms. The van der Waals surface area contributed by atoms with Gasteiger partial charge in [0.1, 0.15) is 0 Å². The van der Waals surface area contributed by atoms with Gasteiger partial charge in [-0.1, -0.05) is 18.6 Å². The Morgan fingerprint density at radius 1 is 1.47 bits per heavy atom. The lowest BCUT2D eigenvalue weighted by Crippen LogP contribution is -2.55. The molecule has 0 aromatic heterocycles. The van der Waals surface area contributed by atoms with Crippen LogP contribution in [0.15, 0.2) is 0 Å². The Hall–Kier alpha value is -0.680. The number of rotatable bonds is 7. The smallest absolute Gasteiger partial charge is 0.235 e. The van der Waals surface area contributed by atoms with Crippen LogP contribution in [0.5, 0.6) is 0 Å². The molecule has 0 atom stereocenters. The standard InChI is InChI=1S/C12H22N2O2S/c1-3-14(8-9-16-4-2)11(15)12(10(13)17)6-5-7-12/h3-9H2,1-2H3,(H2,13,17). The summed E-state index contributed by atoms with van der Waals surface area (Å²) in [4.78, 5) is 14.6. The van der Waals surface area contributed by atoms with Crippen molar-refractivity contribution in [2.24, 2.45) is 11.1 Å². The fourth-order valence-corrected chi connectivity index (χ4v) is 2.41. The highest BCUT2D eigenvalue weighted by molar-refractivity contribution is 7.80. The Balaban J connectivity index is 2.61. The molecule has 0 spiro atoms. The quantitative estimate of drug-likeness (QED) is 0.553. The number of likely N-dealkylation sites (N-methyl/N-ethyl adjacent to an activating group) is 1. The van der Waals surface area contributed by atoms with Crippen LogP contribution in [0.4, 0.5) is 0 Å². The summed E-state index contributed by atoms with van der Waals surface area (Å²) in [6.07, 6.45) is 2.63. The van der Waals surface area contributed by atoms with E-state index in [4.69, 9.17) is 22.7 Å². The van der Waals surface area contributed by atoms with Crippen molar-refractivity contribution >= 4 is 23.1 Å². The maximum Gasteiger partial charge on any atom is 0.235 e. The molecule has 1 amide bonds. The van der Waals surface area contributed by atoms with E-state index < -0.39 is 5.41 Å². The second-order valence-electron chi connectivity index (χ2n) is 4.38. The number of amides is 1. The van der Waals surface area contributed by atoms with Gasteiger partial charge < -0.3 is 15.4 Å². The molecule has 0 heterocycles. The number of ether oxygens (including phenoxy) is 1. The summed E-state index contributed by atoms with van der Waals surface area (Å²) in [7, 11) is 0. The van der Waals surface area contributed by atoms with Gasteiger partial charge in [-0.3, -0.25) is 4.79 Å². The second-order valence-corrected chi connectivity index (χ2v) is 4.82. The largest absolute Gasteiger partial charge is 0.392 e. The lowest BCUT2D eigenvalue weighted by atomic mass is 9.67. The third-order valence-corrected chi connectivity index (χ3v) is 3.86. The zero-order valence-electron chi connectivity index (χ0n) is 10.7. The summed E-state index contributed by atoms with van der Waals surface area (Å²) in [6.45, 7) is 6.45. The van der Waals surface area contributed by atoms with Crippen LogP contribution in [-0.4, -0.2) is 42.1 Å². The van der Waals surface area contributed by atoms with Gasteiger partial charge in [0, 0.05) is 19.7 Å². The summed E-state index contributed by atoms with van der Waals surface area (Å²) in [5.74, 6) is 0.0819. The summed E-state index contributed by atoms with van der Waals surface area (Å²) < 4.78 is 5.28. The van der Waals surface area contributed by atoms with E-state index in [-0.39, 0.29) is 5.91 Å². The molecule has 0 aliphatic heterocycles. The lowest BCUT2D eigenvalue weighted by Gasteiger charge is -2.42. The molecule has 4 nitrogen and oxygen atoms in total. The zero-order chi connectivity index (χ0) is 12.9. The highest BCUT2D eigenvalue weighted by atomic mass is 32.1. The number of carbonyl (C=O) groups excluding carboxylic acids is 1. The highest BCUT2D eigenvalue weighted by Crippen LogP contribution is 2.42. The van der Waals surface area contributed by atoms with Crippen LogP contribution < -0.4 is 5.73 Å². The van der Waals surface area contributed by atoms with E-state index in [0.29, 0.717) is 31.3 Å². The number of carbonyl (C=O) groups is 1. The van der Waals surface area contributed by atoms with E-state index in [0.717, 1.165) is 19.3 Å². The number of nitrogens with zero attached hydrogens (tertiary/aromatic N) is 1. The molecule has 2 N–H and O–H groups in total. The van der Waals surface area contributed by atoms with Crippen molar-refractivity contribution in [1.29, 1.82) is 0 Å². The fourth-order valence-electron chi connectivity index (χ4n) is 2.12. The van der Waals surface area contributed by atoms with Crippen LogP contribution in [0.3, 0.4) is 0 Å². The Morgan fingerprint density at radius 2 is 2.12 bits per heavy atom. The van der Waals surface area contributed by atoms with Gasteiger partial charge in [-0.25, -0.2) is 0 Å². The molecule has 17 heavy (non-hydrogen) atoms. The van der Waals surface area contributed by atoms with E-state index in [9.17, 15) is 4.79 Å². The van der Waals surface area contributed by atoms with E-state index in [1.807, 2.05) is 13.8 Å². The maximum absolute atomic E-state index is 12.4.